The summed E-state index contributed by atoms with van der Waals surface area (Å²) in [4.78, 5) is 37.0. The molecule has 0 aliphatic heterocycles. The molecule has 0 saturated carbocycles. The number of thiophene rings is 1. The van der Waals surface area contributed by atoms with Gasteiger partial charge in [0.1, 0.15) is 5.60 Å². The highest BCUT2D eigenvalue weighted by Crippen LogP contribution is 2.34. The van der Waals surface area contributed by atoms with Gasteiger partial charge in [-0.2, -0.15) is 0 Å². The van der Waals surface area contributed by atoms with Gasteiger partial charge in [-0.1, -0.05) is 18.2 Å². The van der Waals surface area contributed by atoms with Crippen LogP contribution in [-0.2, 0) is 14.3 Å². The number of Topliss-reactive ketones (excluding diaryl/α,β-unsaturated/α-hetero) is 1. The molecule has 1 aromatic carbocycles. The van der Waals surface area contributed by atoms with Crippen molar-refractivity contribution in [3.8, 4) is 11.1 Å². The number of hydrogen-bond donors (Lipinski definition) is 0. The highest BCUT2D eigenvalue weighted by atomic mass is 32.1. The average molecular weight is 428 g/mol. The molecule has 0 spiro atoms. The van der Waals surface area contributed by atoms with E-state index in [9.17, 15) is 14.4 Å². The third-order valence-electron chi connectivity index (χ3n) is 4.50. The van der Waals surface area contributed by atoms with Crippen LogP contribution in [-0.4, -0.2) is 35.1 Å². The Kier molecular flexibility index (Phi) is 6.41. The van der Waals surface area contributed by atoms with Crippen molar-refractivity contribution in [1.29, 1.82) is 0 Å². The van der Waals surface area contributed by atoms with Crippen molar-refractivity contribution in [2.24, 2.45) is 0 Å². The van der Waals surface area contributed by atoms with E-state index in [1.54, 1.807) is 6.20 Å². The Morgan fingerprint density at radius 3 is 2.53 bits per heavy atom. The lowest BCUT2D eigenvalue weighted by atomic mass is 10.1. The number of aromatic nitrogens is 1. The van der Waals surface area contributed by atoms with E-state index in [1.807, 2.05) is 56.5 Å². The van der Waals surface area contributed by atoms with Gasteiger partial charge in [-0.05, 0) is 50.3 Å². The zero-order valence-corrected chi connectivity index (χ0v) is 18.4. The van der Waals surface area contributed by atoms with Crippen molar-refractivity contribution >= 4 is 40.1 Å². The molecule has 0 bridgehead atoms. The molecular weight excluding hydrogens is 402 g/mol. The van der Waals surface area contributed by atoms with Crippen LogP contribution in [0.2, 0.25) is 0 Å². The second-order valence-corrected chi connectivity index (χ2v) is 8.87. The van der Waals surface area contributed by atoms with E-state index in [2.05, 4.69) is 4.74 Å². The van der Waals surface area contributed by atoms with Crippen molar-refractivity contribution in [2.75, 3.05) is 7.11 Å². The maximum Gasteiger partial charge on any atom is 0.419 e. The Morgan fingerprint density at radius 2 is 1.83 bits per heavy atom. The first kappa shape index (κ1) is 21.8. The third-order valence-corrected chi connectivity index (χ3v) is 5.47. The fourth-order valence-corrected chi connectivity index (χ4v) is 3.99. The molecule has 2 heterocycles. The van der Waals surface area contributed by atoms with Crippen LogP contribution in [0.1, 0.15) is 49.7 Å². The van der Waals surface area contributed by atoms with E-state index in [4.69, 9.17) is 4.74 Å². The SMILES string of the molecule is COC(=O)CCCC(=O)c1cc(-c2cn(C(=O)OC(C)(C)C)c3ccccc23)cs1. The lowest BCUT2D eigenvalue weighted by Crippen LogP contribution is -2.26. The van der Waals surface area contributed by atoms with Crippen LogP contribution in [0.25, 0.3) is 22.0 Å². The summed E-state index contributed by atoms with van der Waals surface area (Å²) < 4.78 is 11.6. The number of esters is 1. The molecule has 0 N–H and O–H groups in total. The molecule has 0 aliphatic rings. The van der Waals surface area contributed by atoms with Gasteiger partial charge in [0.05, 0.1) is 17.5 Å². The Hall–Kier alpha value is -2.93. The Labute approximate surface area is 179 Å². The number of carbonyl (C=O) groups excluding carboxylic acids is 3. The van der Waals surface area contributed by atoms with Crippen LogP contribution in [0.15, 0.2) is 41.9 Å². The fourth-order valence-electron chi connectivity index (χ4n) is 3.11. The number of nitrogens with zero attached hydrogens (tertiary/aromatic N) is 1. The predicted molar refractivity (Wildman–Crippen MR) is 117 cm³/mol. The van der Waals surface area contributed by atoms with Crippen LogP contribution in [0.5, 0.6) is 0 Å². The highest BCUT2D eigenvalue weighted by molar-refractivity contribution is 7.12. The molecule has 3 rings (SSSR count). The second-order valence-electron chi connectivity index (χ2n) is 7.96. The Bertz CT molecular complexity index is 1090. The lowest BCUT2D eigenvalue weighted by molar-refractivity contribution is -0.140. The largest absolute Gasteiger partial charge is 0.469 e. The van der Waals surface area contributed by atoms with Gasteiger partial charge in [-0.3, -0.25) is 14.2 Å². The highest BCUT2D eigenvalue weighted by Gasteiger charge is 2.22. The first-order valence-corrected chi connectivity index (χ1v) is 10.6. The lowest BCUT2D eigenvalue weighted by Gasteiger charge is -2.19. The molecule has 0 saturated heterocycles. The van der Waals surface area contributed by atoms with Gasteiger partial charge < -0.3 is 9.47 Å². The van der Waals surface area contributed by atoms with Gasteiger partial charge in [-0.25, -0.2) is 4.79 Å². The minimum Gasteiger partial charge on any atom is -0.469 e. The summed E-state index contributed by atoms with van der Waals surface area (Å²) in [6.45, 7) is 5.48. The topological polar surface area (TPSA) is 74.6 Å². The normalized spacial score (nSPS) is 11.5. The third kappa shape index (κ3) is 4.97. The van der Waals surface area contributed by atoms with Crippen molar-refractivity contribution in [2.45, 2.75) is 45.6 Å². The standard InChI is InChI=1S/C23H25NO5S/c1-23(2,3)29-22(27)24-13-17(16-8-5-6-9-18(16)24)15-12-20(30-14-15)19(25)10-7-11-21(26)28-4/h5-6,8-9,12-14H,7,10-11H2,1-4H3. The average Bonchev–Trinajstić information content (AvgIpc) is 3.31. The van der Waals surface area contributed by atoms with E-state index in [0.717, 1.165) is 22.0 Å². The molecule has 7 heteroatoms. The Balaban J connectivity index is 1.86. The molecule has 0 aliphatic carbocycles. The molecule has 0 amide bonds. The number of ether oxygens (including phenoxy) is 2. The number of methoxy groups -OCH3 is 1. The zero-order chi connectivity index (χ0) is 21.9. The van der Waals surface area contributed by atoms with E-state index in [-0.39, 0.29) is 24.6 Å². The molecule has 0 fully saturated rings. The smallest absolute Gasteiger partial charge is 0.419 e. The van der Waals surface area contributed by atoms with Crippen LogP contribution in [0, 0.1) is 0 Å². The minimum atomic E-state index is -0.602. The molecule has 6 nitrogen and oxygen atoms in total. The van der Waals surface area contributed by atoms with Gasteiger partial charge in [0.25, 0.3) is 0 Å². The Morgan fingerprint density at radius 1 is 1.10 bits per heavy atom. The number of ketones is 1. The molecular formula is C23H25NO5S. The van der Waals surface area contributed by atoms with Gasteiger partial charge in [-0.15, -0.1) is 11.3 Å². The number of hydrogen-bond acceptors (Lipinski definition) is 6. The van der Waals surface area contributed by atoms with Crippen molar-refractivity contribution in [1.82, 2.24) is 4.57 Å². The number of carbonyl (C=O) groups is 3. The van der Waals surface area contributed by atoms with E-state index >= 15 is 0 Å². The number of rotatable bonds is 6. The molecule has 0 atom stereocenters. The van der Waals surface area contributed by atoms with E-state index in [0.29, 0.717) is 11.3 Å². The summed E-state index contributed by atoms with van der Waals surface area (Å²) in [7, 11) is 1.34. The number of fused-ring (bicyclic) bond motifs is 1. The van der Waals surface area contributed by atoms with Crippen LogP contribution >= 0.6 is 11.3 Å². The van der Waals surface area contributed by atoms with Crippen molar-refractivity contribution in [3.63, 3.8) is 0 Å². The van der Waals surface area contributed by atoms with Crippen LogP contribution in [0.4, 0.5) is 4.79 Å². The molecule has 2 aromatic heterocycles. The van der Waals surface area contributed by atoms with Gasteiger partial charge in [0.2, 0.25) is 0 Å². The summed E-state index contributed by atoms with van der Waals surface area (Å²) in [6.07, 6.45) is 2.28. The predicted octanol–water partition coefficient (Wildman–Crippen LogP) is 5.68. The molecule has 30 heavy (non-hydrogen) atoms. The summed E-state index contributed by atoms with van der Waals surface area (Å²) in [6, 6.07) is 9.44. The molecule has 3 aromatic rings. The summed E-state index contributed by atoms with van der Waals surface area (Å²) >= 11 is 1.36. The van der Waals surface area contributed by atoms with Gasteiger partial charge in [0.15, 0.2) is 5.78 Å². The van der Waals surface area contributed by atoms with E-state index in [1.165, 1.54) is 23.0 Å². The maximum absolute atomic E-state index is 12.7. The maximum atomic E-state index is 12.7. The summed E-state index contributed by atoms with van der Waals surface area (Å²) in [5.74, 6) is -0.323. The number of para-hydroxylation sites is 1. The van der Waals surface area contributed by atoms with E-state index < -0.39 is 11.7 Å². The monoisotopic (exact) mass is 427 g/mol. The number of benzene rings is 1. The fraction of sp³-hybridized carbons (Fsp3) is 0.348. The quantitative estimate of drug-likeness (QED) is 0.374. The summed E-state index contributed by atoms with van der Waals surface area (Å²) in [5.41, 5.74) is 1.88. The first-order chi connectivity index (χ1) is 14.2. The summed E-state index contributed by atoms with van der Waals surface area (Å²) in [5, 5.41) is 2.82. The molecule has 0 radical (unpaired) electrons. The van der Waals surface area contributed by atoms with Gasteiger partial charge >= 0.3 is 12.1 Å². The van der Waals surface area contributed by atoms with Crippen LogP contribution < -0.4 is 0 Å². The van der Waals surface area contributed by atoms with Crippen molar-refractivity contribution in [3.05, 3.63) is 46.8 Å². The van der Waals surface area contributed by atoms with Crippen LogP contribution in [0.3, 0.4) is 0 Å². The molecule has 158 valence electrons. The molecule has 0 unspecified atom stereocenters. The second kappa shape index (κ2) is 8.83. The van der Waals surface area contributed by atoms with Crippen molar-refractivity contribution < 1.29 is 23.9 Å². The van der Waals surface area contributed by atoms with Gasteiger partial charge in [0, 0.05) is 30.0 Å². The zero-order valence-electron chi connectivity index (χ0n) is 17.6. The first-order valence-electron chi connectivity index (χ1n) is 9.72. The minimum absolute atomic E-state index is 0.00830.